The second-order valence-corrected chi connectivity index (χ2v) is 4.22. The quantitative estimate of drug-likeness (QED) is 0.862. The number of hydrogen-bond donors (Lipinski definition) is 1. The Morgan fingerprint density at radius 3 is 2.67 bits per heavy atom. The Morgan fingerprint density at radius 2 is 2.06 bits per heavy atom. The van der Waals surface area contributed by atoms with Crippen LogP contribution in [0, 0.1) is 0 Å². The minimum Gasteiger partial charge on any atom is -0.398 e. The number of halogens is 1. The average Bonchev–Trinajstić information content (AvgIpc) is 2.84. The third kappa shape index (κ3) is 2.41. The van der Waals surface area contributed by atoms with Crippen LogP contribution in [0.3, 0.4) is 0 Å². The van der Waals surface area contributed by atoms with Crippen molar-refractivity contribution in [3.05, 3.63) is 23.2 Å². The molecule has 1 heterocycles. The summed E-state index contributed by atoms with van der Waals surface area (Å²) in [5, 5.41) is 4.43. The van der Waals surface area contributed by atoms with E-state index in [9.17, 15) is 0 Å². The van der Waals surface area contributed by atoms with E-state index in [1.807, 2.05) is 18.7 Å². The van der Waals surface area contributed by atoms with Gasteiger partial charge >= 0.3 is 0 Å². The first-order valence-electron chi connectivity index (χ1n) is 5.79. The fourth-order valence-electron chi connectivity index (χ4n) is 1.63. The van der Waals surface area contributed by atoms with E-state index in [-0.39, 0.29) is 0 Å². The van der Waals surface area contributed by atoms with Gasteiger partial charge in [0.05, 0.1) is 10.7 Å². The number of anilines is 2. The van der Waals surface area contributed by atoms with Gasteiger partial charge in [0.15, 0.2) is 0 Å². The van der Waals surface area contributed by atoms with Gasteiger partial charge in [-0.05, 0) is 37.2 Å². The third-order valence-corrected chi connectivity index (χ3v) is 3.04. The number of hydrogen-bond acceptors (Lipinski definition) is 5. The van der Waals surface area contributed by atoms with Gasteiger partial charge in [0.25, 0.3) is 11.8 Å². The molecule has 0 aliphatic rings. The topological polar surface area (TPSA) is 68.2 Å². The van der Waals surface area contributed by atoms with Crippen molar-refractivity contribution in [3.8, 4) is 11.5 Å². The van der Waals surface area contributed by atoms with Crippen molar-refractivity contribution >= 4 is 23.2 Å². The number of benzene rings is 1. The molecule has 0 spiro atoms. The minimum atomic E-state index is 0.443. The third-order valence-electron chi connectivity index (χ3n) is 2.71. The summed E-state index contributed by atoms with van der Waals surface area (Å²) in [5.41, 5.74) is 6.95. The molecular formula is C12H15ClN4O. The van der Waals surface area contributed by atoms with Crippen LogP contribution in [0.25, 0.3) is 11.5 Å². The molecule has 18 heavy (non-hydrogen) atoms. The summed E-state index contributed by atoms with van der Waals surface area (Å²) in [6.45, 7) is 5.75. The SMILES string of the molecule is CCN(CC)c1noc(-c2ccc(N)c(Cl)c2)n1. The first kappa shape index (κ1) is 12.7. The lowest BCUT2D eigenvalue weighted by molar-refractivity contribution is 0.429. The molecule has 6 heteroatoms. The molecule has 5 nitrogen and oxygen atoms in total. The minimum absolute atomic E-state index is 0.443. The maximum atomic E-state index is 5.96. The van der Waals surface area contributed by atoms with E-state index in [1.165, 1.54) is 0 Å². The molecule has 0 saturated carbocycles. The van der Waals surface area contributed by atoms with Crippen molar-refractivity contribution in [2.24, 2.45) is 0 Å². The Morgan fingerprint density at radius 1 is 1.33 bits per heavy atom. The summed E-state index contributed by atoms with van der Waals surface area (Å²) in [7, 11) is 0. The highest BCUT2D eigenvalue weighted by Crippen LogP contribution is 2.26. The largest absolute Gasteiger partial charge is 0.398 e. The Balaban J connectivity index is 2.31. The molecule has 0 bridgehead atoms. The van der Waals surface area contributed by atoms with Crippen LogP contribution in [0.1, 0.15) is 13.8 Å². The van der Waals surface area contributed by atoms with Gasteiger partial charge < -0.3 is 15.2 Å². The Bertz CT molecular complexity index is 537. The van der Waals surface area contributed by atoms with Gasteiger partial charge in [0.1, 0.15) is 0 Å². The van der Waals surface area contributed by atoms with Crippen molar-refractivity contribution in [1.82, 2.24) is 10.1 Å². The lowest BCUT2D eigenvalue weighted by Crippen LogP contribution is -2.22. The van der Waals surface area contributed by atoms with Gasteiger partial charge in [0.2, 0.25) is 0 Å². The van der Waals surface area contributed by atoms with Crippen molar-refractivity contribution < 1.29 is 4.52 Å². The summed E-state index contributed by atoms with van der Waals surface area (Å²) in [5.74, 6) is 1.03. The van der Waals surface area contributed by atoms with Crippen LogP contribution in [0.15, 0.2) is 22.7 Å². The summed E-state index contributed by atoms with van der Waals surface area (Å²) in [4.78, 5) is 6.35. The van der Waals surface area contributed by atoms with Crippen LogP contribution < -0.4 is 10.6 Å². The zero-order valence-electron chi connectivity index (χ0n) is 10.4. The van der Waals surface area contributed by atoms with Crippen molar-refractivity contribution in [1.29, 1.82) is 0 Å². The summed E-state index contributed by atoms with van der Waals surface area (Å²) in [6, 6.07) is 5.25. The first-order chi connectivity index (χ1) is 8.65. The monoisotopic (exact) mass is 266 g/mol. The average molecular weight is 267 g/mol. The highest BCUT2D eigenvalue weighted by Gasteiger charge is 2.13. The van der Waals surface area contributed by atoms with E-state index < -0.39 is 0 Å². The number of nitrogen functional groups attached to an aromatic ring is 1. The molecule has 1 aromatic heterocycles. The van der Waals surface area contributed by atoms with Crippen molar-refractivity contribution in [2.45, 2.75) is 13.8 Å². The van der Waals surface area contributed by atoms with Gasteiger partial charge in [-0.3, -0.25) is 0 Å². The van der Waals surface area contributed by atoms with Crippen LogP contribution in [0.4, 0.5) is 11.6 Å². The highest BCUT2D eigenvalue weighted by atomic mass is 35.5. The first-order valence-corrected chi connectivity index (χ1v) is 6.17. The molecule has 2 N–H and O–H groups in total. The molecule has 0 aliphatic heterocycles. The maximum absolute atomic E-state index is 5.96. The van der Waals surface area contributed by atoms with Crippen LogP contribution in [-0.2, 0) is 0 Å². The molecule has 0 saturated heterocycles. The highest BCUT2D eigenvalue weighted by molar-refractivity contribution is 6.33. The summed E-state index contributed by atoms with van der Waals surface area (Å²) >= 11 is 5.96. The summed E-state index contributed by atoms with van der Waals surface area (Å²) in [6.07, 6.45) is 0. The number of aromatic nitrogens is 2. The van der Waals surface area contributed by atoms with E-state index in [0.29, 0.717) is 22.5 Å². The zero-order chi connectivity index (χ0) is 13.1. The predicted molar refractivity (Wildman–Crippen MR) is 72.7 cm³/mol. The molecule has 2 rings (SSSR count). The fourth-order valence-corrected chi connectivity index (χ4v) is 1.81. The lowest BCUT2D eigenvalue weighted by Gasteiger charge is -2.14. The molecule has 0 amide bonds. The van der Waals surface area contributed by atoms with Crippen molar-refractivity contribution in [2.75, 3.05) is 23.7 Å². The Labute approximate surface area is 111 Å². The second kappa shape index (κ2) is 5.27. The summed E-state index contributed by atoms with van der Waals surface area (Å²) < 4.78 is 5.23. The molecule has 0 fully saturated rings. The second-order valence-electron chi connectivity index (χ2n) is 3.81. The molecule has 1 aromatic carbocycles. The molecular weight excluding hydrogens is 252 g/mol. The normalized spacial score (nSPS) is 10.6. The smallest absolute Gasteiger partial charge is 0.266 e. The zero-order valence-corrected chi connectivity index (χ0v) is 11.1. The lowest BCUT2D eigenvalue weighted by atomic mass is 10.2. The Hall–Kier alpha value is -1.75. The van der Waals surface area contributed by atoms with E-state index in [1.54, 1.807) is 18.2 Å². The standard InChI is InChI=1S/C12H15ClN4O/c1-3-17(4-2)12-15-11(18-16-12)8-5-6-10(14)9(13)7-8/h5-7H,3-4,14H2,1-2H3. The fraction of sp³-hybridized carbons (Fsp3) is 0.333. The van der Waals surface area contributed by atoms with Crippen LogP contribution in [0.2, 0.25) is 5.02 Å². The molecule has 0 atom stereocenters. The van der Waals surface area contributed by atoms with E-state index in [2.05, 4.69) is 10.1 Å². The molecule has 0 unspecified atom stereocenters. The predicted octanol–water partition coefficient (Wildman–Crippen LogP) is 2.82. The van der Waals surface area contributed by atoms with Crippen LogP contribution in [0.5, 0.6) is 0 Å². The molecule has 0 aliphatic carbocycles. The van der Waals surface area contributed by atoms with Crippen LogP contribution >= 0.6 is 11.6 Å². The van der Waals surface area contributed by atoms with Gasteiger partial charge in [-0.1, -0.05) is 11.6 Å². The van der Waals surface area contributed by atoms with Gasteiger partial charge in [0, 0.05) is 18.7 Å². The number of rotatable bonds is 4. The van der Waals surface area contributed by atoms with Crippen molar-refractivity contribution in [3.63, 3.8) is 0 Å². The molecule has 2 aromatic rings. The van der Waals surface area contributed by atoms with Gasteiger partial charge in [-0.2, -0.15) is 4.98 Å². The van der Waals surface area contributed by atoms with Crippen LogP contribution in [-0.4, -0.2) is 23.2 Å². The molecule has 96 valence electrons. The van der Waals surface area contributed by atoms with E-state index >= 15 is 0 Å². The van der Waals surface area contributed by atoms with Gasteiger partial charge in [-0.25, -0.2) is 0 Å². The van der Waals surface area contributed by atoms with Gasteiger partial charge in [-0.15, -0.1) is 0 Å². The number of nitrogens with zero attached hydrogens (tertiary/aromatic N) is 3. The molecule has 0 radical (unpaired) electrons. The van der Waals surface area contributed by atoms with E-state index in [4.69, 9.17) is 21.9 Å². The number of nitrogens with two attached hydrogens (primary N) is 1. The Kier molecular flexibility index (Phi) is 3.72. The maximum Gasteiger partial charge on any atom is 0.266 e. The van der Waals surface area contributed by atoms with E-state index in [0.717, 1.165) is 18.7 Å².